The monoisotopic (exact) mass is 328 g/mol. The standard InChI is InChI=1S/C10H8F3IO/c1-2-9(15)7-4-3-6(14)5-8(7)10(11,12)13/h3-5H,2H2,1H3. The van der Waals surface area contributed by atoms with Crippen molar-refractivity contribution in [2.45, 2.75) is 19.5 Å². The Hall–Kier alpha value is -0.590. The van der Waals surface area contributed by atoms with Crippen LogP contribution >= 0.6 is 22.6 Å². The van der Waals surface area contributed by atoms with Gasteiger partial charge in [0.2, 0.25) is 0 Å². The summed E-state index contributed by atoms with van der Waals surface area (Å²) in [6, 6.07) is 3.72. The van der Waals surface area contributed by atoms with E-state index < -0.39 is 17.5 Å². The lowest BCUT2D eigenvalue weighted by atomic mass is 10.0. The van der Waals surface area contributed by atoms with E-state index in [4.69, 9.17) is 0 Å². The van der Waals surface area contributed by atoms with Crippen LogP contribution in [0.3, 0.4) is 0 Å². The zero-order valence-corrected chi connectivity index (χ0v) is 10.0. The van der Waals surface area contributed by atoms with E-state index in [0.29, 0.717) is 3.57 Å². The van der Waals surface area contributed by atoms with Crippen molar-refractivity contribution in [3.05, 3.63) is 32.9 Å². The van der Waals surface area contributed by atoms with Crippen LogP contribution in [0, 0.1) is 3.57 Å². The Labute approximate surface area is 98.8 Å². The molecule has 0 radical (unpaired) electrons. The Kier molecular flexibility index (Phi) is 3.75. The average Bonchev–Trinajstić information content (AvgIpc) is 2.15. The first-order valence-electron chi connectivity index (χ1n) is 4.26. The van der Waals surface area contributed by atoms with Gasteiger partial charge in [0.05, 0.1) is 5.56 Å². The minimum Gasteiger partial charge on any atom is -0.294 e. The molecule has 0 saturated heterocycles. The number of halogens is 4. The molecule has 0 aliphatic rings. The predicted molar refractivity (Wildman–Crippen MR) is 58.8 cm³/mol. The Bertz CT molecular complexity index is 385. The molecule has 0 bridgehead atoms. The number of Topliss-reactive ketones (excluding diaryl/α,β-unsaturated/α-hetero) is 1. The van der Waals surface area contributed by atoms with Crippen LogP contribution in [0.5, 0.6) is 0 Å². The molecule has 5 heteroatoms. The van der Waals surface area contributed by atoms with Gasteiger partial charge in [0.1, 0.15) is 0 Å². The van der Waals surface area contributed by atoms with Gasteiger partial charge in [0.25, 0.3) is 0 Å². The highest BCUT2D eigenvalue weighted by Gasteiger charge is 2.34. The Morgan fingerprint density at radius 3 is 2.47 bits per heavy atom. The minimum atomic E-state index is -4.47. The molecule has 0 fully saturated rings. The van der Waals surface area contributed by atoms with Crippen LogP contribution in [0.2, 0.25) is 0 Å². The van der Waals surface area contributed by atoms with Crippen molar-refractivity contribution < 1.29 is 18.0 Å². The van der Waals surface area contributed by atoms with Crippen LogP contribution in [-0.2, 0) is 6.18 Å². The molecule has 0 N–H and O–H groups in total. The highest BCUT2D eigenvalue weighted by Crippen LogP contribution is 2.33. The zero-order chi connectivity index (χ0) is 11.6. The molecule has 15 heavy (non-hydrogen) atoms. The van der Waals surface area contributed by atoms with Crippen molar-refractivity contribution in [1.82, 2.24) is 0 Å². The predicted octanol–water partition coefficient (Wildman–Crippen LogP) is 3.90. The lowest BCUT2D eigenvalue weighted by Crippen LogP contribution is -2.13. The van der Waals surface area contributed by atoms with Crippen molar-refractivity contribution in [1.29, 1.82) is 0 Å². The second-order valence-corrected chi connectivity index (χ2v) is 4.21. The van der Waals surface area contributed by atoms with Gasteiger partial charge in [-0.15, -0.1) is 0 Å². The summed E-state index contributed by atoms with van der Waals surface area (Å²) in [6.07, 6.45) is -4.40. The summed E-state index contributed by atoms with van der Waals surface area (Å²) in [7, 11) is 0. The van der Waals surface area contributed by atoms with Gasteiger partial charge in [-0.05, 0) is 40.8 Å². The molecule has 0 aromatic heterocycles. The van der Waals surface area contributed by atoms with Gasteiger partial charge in [0, 0.05) is 15.6 Å². The third-order valence-electron chi connectivity index (χ3n) is 1.91. The van der Waals surface area contributed by atoms with E-state index in [9.17, 15) is 18.0 Å². The van der Waals surface area contributed by atoms with E-state index in [2.05, 4.69) is 0 Å². The molecular weight excluding hydrogens is 320 g/mol. The summed E-state index contributed by atoms with van der Waals surface area (Å²) in [5.74, 6) is -0.487. The number of rotatable bonds is 2. The fraction of sp³-hybridized carbons (Fsp3) is 0.300. The molecule has 0 unspecified atom stereocenters. The van der Waals surface area contributed by atoms with E-state index in [1.165, 1.54) is 12.1 Å². The maximum absolute atomic E-state index is 12.6. The maximum Gasteiger partial charge on any atom is 0.417 e. The molecule has 0 saturated carbocycles. The minimum absolute atomic E-state index is 0.0731. The van der Waals surface area contributed by atoms with Gasteiger partial charge in [-0.1, -0.05) is 6.92 Å². The van der Waals surface area contributed by atoms with Crippen LogP contribution in [-0.4, -0.2) is 5.78 Å². The lowest BCUT2D eigenvalue weighted by Gasteiger charge is -2.11. The third-order valence-corrected chi connectivity index (χ3v) is 2.58. The SMILES string of the molecule is CCC(=O)c1ccc(I)cc1C(F)(F)F. The molecule has 1 nitrogen and oxygen atoms in total. The average molecular weight is 328 g/mol. The number of carbonyl (C=O) groups excluding carboxylic acids is 1. The van der Waals surface area contributed by atoms with Crippen LogP contribution in [0.15, 0.2) is 18.2 Å². The summed E-state index contributed by atoms with van der Waals surface area (Å²) < 4.78 is 38.2. The van der Waals surface area contributed by atoms with Crippen molar-refractivity contribution >= 4 is 28.4 Å². The molecular formula is C10H8F3IO. The fourth-order valence-electron chi connectivity index (χ4n) is 1.18. The van der Waals surface area contributed by atoms with Crippen molar-refractivity contribution in [2.24, 2.45) is 0 Å². The van der Waals surface area contributed by atoms with E-state index in [-0.39, 0.29) is 12.0 Å². The van der Waals surface area contributed by atoms with Gasteiger partial charge < -0.3 is 0 Å². The van der Waals surface area contributed by atoms with E-state index in [0.717, 1.165) is 6.07 Å². The van der Waals surface area contributed by atoms with Crippen LogP contribution in [0.25, 0.3) is 0 Å². The quantitative estimate of drug-likeness (QED) is 0.594. The number of ketones is 1. The van der Waals surface area contributed by atoms with Crippen LogP contribution < -0.4 is 0 Å². The number of hydrogen-bond donors (Lipinski definition) is 0. The Morgan fingerprint density at radius 2 is 2.00 bits per heavy atom. The van der Waals surface area contributed by atoms with Gasteiger partial charge in [-0.3, -0.25) is 4.79 Å². The number of alkyl halides is 3. The summed E-state index contributed by atoms with van der Waals surface area (Å²) in [5.41, 5.74) is -1.09. The Balaban J connectivity index is 3.33. The fourth-order valence-corrected chi connectivity index (χ4v) is 1.68. The number of benzene rings is 1. The molecule has 0 atom stereocenters. The summed E-state index contributed by atoms with van der Waals surface area (Å²) in [4.78, 5) is 11.3. The number of carbonyl (C=O) groups is 1. The van der Waals surface area contributed by atoms with Gasteiger partial charge in [0.15, 0.2) is 5.78 Å². The second-order valence-electron chi connectivity index (χ2n) is 2.96. The first-order valence-corrected chi connectivity index (χ1v) is 5.34. The molecule has 0 amide bonds. The molecule has 0 spiro atoms. The van der Waals surface area contributed by atoms with Crippen LogP contribution in [0.4, 0.5) is 13.2 Å². The van der Waals surface area contributed by atoms with E-state index in [1.807, 2.05) is 0 Å². The van der Waals surface area contributed by atoms with E-state index in [1.54, 1.807) is 29.5 Å². The molecule has 1 rings (SSSR count). The van der Waals surface area contributed by atoms with Crippen LogP contribution in [0.1, 0.15) is 29.3 Å². The van der Waals surface area contributed by atoms with Crippen molar-refractivity contribution in [3.8, 4) is 0 Å². The van der Waals surface area contributed by atoms with E-state index >= 15 is 0 Å². The van der Waals surface area contributed by atoms with Gasteiger partial charge in [-0.2, -0.15) is 13.2 Å². The summed E-state index contributed by atoms with van der Waals surface area (Å²) in [5, 5.41) is 0. The molecule has 82 valence electrons. The first kappa shape index (κ1) is 12.5. The topological polar surface area (TPSA) is 17.1 Å². The highest BCUT2D eigenvalue weighted by atomic mass is 127. The molecule has 0 aliphatic heterocycles. The normalized spacial score (nSPS) is 11.5. The second kappa shape index (κ2) is 4.51. The third kappa shape index (κ3) is 2.93. The Morgan fingerprint density at radius 1 is 1.40 bits per heavy atom. The largest absolute Gasteiger partial charge is 0.417 e. The zero-order valence-electron chi connectivity index (χ0n) is 7.86. The van der Waals surface area contributed by atoms with Gasteiger partial charge in [-0.25, -0.2) is 0 Å². The number of hydrogen-bond acceptors (Lipinski definition) is 1. The lowest BCUT2D eigenvalue weighted by molar-refractivity contribution is -0.138. The maximum atomic E-state index is 12.6. The summed E-state index contributed by atoms with van der Waals surface area (Å²) >= 11 is 1.79. The first-order chi connectivity index (χ1) is 6.86. The molecule has 0 heterocycles. The smallest absolute Gasteiger partial charge is 0.294 e. The van der Waals surface area contributed by atoms with Crippen molar-refractivity contribution in [3.63, 3.8) is 0 Å². The molecule has 1 aromatic rings. The highest BCUT2D eigenvalue weighted by molar-refractivity contribution is 14.1. The summed E-state index contributed by atoms with van der Waals surface area (Å²) in [6.45, 7) is 1.54. The molecule has 1 aromatic carbocycles. The molecule has 0 aliphatic carbocycles. The van der Waals surface area contributed by atoms with Crippen molar-refractivity contribution in [2.75, 3.05) is 0 Å². The van der Waals surface area contributed by atoms with Gasteiger partial charge >= 0.3 is 6.18 Å².